The van der Waals surface area contributed by atoms with Crippen molar-refractivity contribution in [2.24, 2.45) is 5.34 Å². The van der Waals surface area contributed by atoms with Crippen LogP contribution in [-0.4, -0.2) is 11.7 Å². The summed E-state index contributed by atoms with van der Waals surface area (Å²) in [5.41, 5.74) is 0.736. The Balaban J connectivity index is 2.72. The quantitative estimate of drug-likeness (QED) is 0.545. The summed E-state index contributed by atoms with van der Waals surface area (Å²) in [6.07, 6.45) is -0.649. The van der Waals surface area contributed by atoms with Gasteiger partial charge in [0.05, 0.1) is 6.61 Å². The summed E-state index contributed by atoms with van der Waals surface area (Å²) in [6, 6.07) is 8.95. The third kappa shape index (κ3) is 2.03. The molecule has 1 aromatic rings. The van der Waals surface area contributed by atoms with Crippen LogP contribution >= 0.6 is 0 Å². The molecule has 64 valence electrons. The summed E-state index contributed by atoms with van der Waals surface area (Å²) in [4.78, 5) is 14.2. The number of hydrogen-bond acceptors (Lipinski definition) is 4. The Kier molecular flexibility index (Phi) is 3.22. The summed E-state index contributed by atoms with van der Waals surface area (Å²) in [6.45, 7) is -0.254. The molecule has 0 aliphatic carbocycles. The molecule has 0 radical (unpaired) electrons. The smallest absolute Gasteiger partial charge is 0.178 e. The highest BCUT2D eigenvalue weighted by Gasteiger charge is 2.10. The lowest BCUT2D eigenvalue weighted by atomic mass is 10.1. The van der Waals surface area contributed by atoms with E-state index in [2.05, 4.69) is 10.2 Å². The molecule has 0 saturated heterocycles. The van der Waals surface area contributed by atoms with Gasteiger partial charge in [-0.25, -0.2) is 0 Å². The van der Waals surface area contributed by atoms with Crippen LogP contribution in [0.4, 0.5) is 0 Å². The standard InChI is InChI=1S/C8H9NO3/c10-6-8(12-9-11)7-4-2-1-3-5-7/h1-5,8,10H,6H2. The number of nitrogens with zero attached hydrogens (tertiary/aromatic N) is 1. The fraction of sp³-hybridized carbons (Fsp3) is 0.250. The molecule has 0 heterocycles. The molecule has 1 unspecified atom stereocenters. The van der Waals surface area contributed by atoms with E-state index in [1.807, 2.05) is 6.07 Å². The van der Waals surface area contributed by atoms with Crippen LogP contribution in [0, 0.1) is 4.91 Å². The second-order valence-electron chi connectivity index (χ2n) is 2.26. The second-order valence-corrected chi connectivity index (χ2v) is 2.26. The molecule has 1 N–H and O–H groups in total. The monoisotopic (exact) mass is 167 g/mol. The molecule has 1 aromatic carbocycles. The molecule has 0 aromatic heterocycles. The summed E-state index contributed by atoms with van der Waals surface area (Å²) in [5, 5.41) is 11.1. The largest absolute Gasteiger partial charge is 0.392 e. The van der Waals surface area contributed by atoms with Gasteiger partial charge in [0.25, 0.3) is 0 Å². The first-order valence-corrected chi connectivity index (χ1v) is 3.52. The van der Waals surface area contributed by atoms with Crippen LogP contribution in [0.5, 0.6) is 0 Å². The molecule has 1 rings (SSSR count). The van der Waals surface area contributed by atoms with Gasteiger partial charge in [0, 0.05) is 0 Å². The summed E-state index contributed by atoms with van der Waals surface area (Å²) in [5.74, 6) is 0. The lowest BCUT2D eigenvalue weighted by Gasteiger charge is -2.09. The van der Waals surface area contributed by atoms with Crippen molar-refractivity contribution in [3.05, 3.63) is 40.8 Å². The van der Waals surface area contributed by atoms with Crippen LogP contribution in [0.2, 0.25) is 0 Å². The van der Waals surface area contributed by atoms with Crippen LogP contribution in [0.3, 0.4) is 0 Å². The fourth-order valence-electron chi connectivity index (χ4n) is 0.919. The van der Waals surface area contributed by atoms with Gasteiger partial charge in [0.15, 0.2) is 11.4 Å². The van der Waals surface area contributed by atoms with E-state index < -0.39 is 6.10 Å². The molecular formula is C8H9NO3. The molecule has 1 atom stereocenters. The molecule has 0 amide bonds. The Morgan fingerprint density at radius 3 is 2.58 bits per heavy atom. The van der Waals surface area contributed by atoms with Crippen molar-refractivity contribution in [3.8, 4) is 0 Å². The molecule has 0 fully saturated rings. The van der Waals surface area contributed by atoms with E-state index in [1.54, 1.807) is 24.3 Å². The first kappa shape index (κ1) is 8.67. The highest BCUT2D eigenvalue weighted by molar-refractivity contribution is 5.17. The van der Waals surface area contributed by atoms with E-state index in [9.17, 15) is 4.91 Å². The van der Waals surface area contributed by atoms with Crippen LogP contribution in [0.15, 0.2) is 35.7 Å². The average Bonchev–Trinajstić information content (AvgIpc) is 2.15. The molecule has 4 heteroatoms. The molecule has 0 spiro atoms. The molecule has 0 saturated carbocycles. The van der Waals surface area contributed by atoms with Gasteiger partial charge < -0.3 is 9.94 Å². The van der Waals surface area contributed by atoms with Gasteiger partial charge in [-0.1, -0.05) is 30.3 Å². The number of rotatable bonds is 4. The SMILES string of the molecule is O=NOC(CO)c1ccccc1. The molecule has 12 heavy (non-hydrogen) atoms. The van der Waals surface area contributed by atoms with Crippen molar-refractivity contribution in [3.63, 3.8) is 0 Å². The number of aliphatic hydroxyl groups is 1. The van der Waals surface area contributed by atoms with E-state index in [0.29, 0.717) is 0 Å². The second kappa shape index (κ2) is 4.46. The lowest BCUT2D eigenvalue weighted by molar-refractivity contribution is 0.0125. The summed E-state index contributed by atoms with van der Waals surface area (Å²) >= 11 is 0. The van der Waals surface area contributed by atoms with Crippen LogP contribution in [0.1, 0.15) is 11.7 Å². The molecule has 0 aliphatic heterocycles. The zero-order valence-corrected chi connectivity index (χ0v) is 6.38. The first-order valence-electron chi connectivity index (χ1n) is 3.52. The van der Waals surface area contributed by atoms with E-state index in [4.69, 9.17) is 5.11 Å². The fourth-order valence-corrected chi connectivity index (χ4v) is 0.919. The molecule has 4 nitrogen and oxygen atoms in total. The van der Waals surface area contributed by atoms with Crippen molar-refractivity contribution >= 4 is 0 Å². The normalized spacial score (nSPS) is 12.1. The maximum atomic E-state index is 9.76. The van der Waals surface area contributed by atoms with Crippen LogP contribution in [-0.2, 0) is 4.84 Å². The highest BCUT2D eigenvalue weighted by atomic mass is 16.7. The maximum Gasteiger partial charge on any atom is 0.178 e. The summed E-state index contributed by atoms with van der Waals surface area (Å²) < 4.78 is 0. The number of benzene rings is 1. The van der Waals surface area contributed by atoms with Crippen molar-refractivity contribution in [2.45, 2.75) is 6.10 Å². The van der Waals surface area contributed by atoms with E-state index in [0.717, 1.165) is 5.56 Å². The van der Waals surface area contributed by atoms with Gasteiger partial charge >= 0.3 is 0 Å². The van der Waals surface area contributed by atoms with Gasteiger partial charge in [-0.05, 0) is 5.56 Å². The Labute approximate surface area is 69.7 Å². The Morgan fingerprint density at radius 1 is 1.42 bits per heavy atom. The van der Waals surface area contributed by atoms with Gasteiger partial charge in [-0.3, -0.25) is 0 Å². The van der Waals surface area contributed by atoms with Gasteiger partial charge in [0.2, 0.25) is 0 Å². The maximum absolute atomic E-state index is 9.76. The average molecular weight is 167 g/mol. The van der Waals surface area contributed by atoms with Crippen molar-refractivity contribution in [1.82, 2.24) is 0 Å². The van der Waals surface area contributed by atoms with Crippen LogP contribution < -0.4 is 0 Å². The third-order valence-corrected chi connectivity index (χ3v) is 1.51. The predicted octanol–water partition coefficient (Wildman–Crippen LogP) is 1.42. The topological polar surface area (TPSA) is 58.9 Å². The Hall–Kier alpha value is -1.42. The lowest BCUT2D eigenvalue weighted by Crippen LogP contribution is -2.04. The van der Waals surface area contributed by atoms with Gasteiger partial charge in [-0.15, -0.1) is 4.91 Å². The zero-order chi connectivity index (χ0) is 8.81. The zero-order valence-electron chi connectivity index (χ0n) is 6.38. The van der Waals surface area contributed by atoms with E-state index in [-0.39, 0.29) is 6.61 Å². The van der Waals surface area contributed by atoms with E-state index in [1.165, 1.54) is 0 Å². The first-order chi connectivity index (χ1) is 5.88. The Bertz CT molecular complexity index is 237. The van der Waals surface area contributed by atoms with Crippen LogP contribution in [0.25, 0.3) is 0 Å². The minimum absolute atomic E-state index is 0.254. The molecule has 0 aliphatic rings. The molecule has 0 bridgehead atoms. The predicted molar refractivity (Wildman–Crippen MR) is 43.1 cm³/mol. The molecular weight excluding hydrogens is 158 g/mol. The summed E-state index contributed by atoms with van der Waals surface area (Å²) in [7, 11) is 0. The van der Waals surface area contributed by atoms with Crippen molar-refractivity contribution < 1.29 is 9.94 Å². The van der Waals surface area contributed by atoms with E-state index >= 15 is 0 Å². The Morgan fingerprint density at radius 2 is 2.08 bits per heavy atom. The highest BCUT2D eigenvalue weighted by Crippen LogP contribution is 2.15. The third-order valence-electron chi connectivity index (χ3n) is 1.51. The minimum Gasteiger partial charge on any atom is -0.392 e. The minimum atomic E-state index is -0.649. The van der Waals surface area contributed by atoms with Crippen molar-refractivity contribution in [1.29, 1.82) is 0 Å². The van der Waals surface area contributed by atoms with Crippen molar-refractivity contribution in [2.75, 3.05) is 6.61 Å². The number of aliphatic hydroxyl groups excluding tert-OH is 1. The van der Waals surface area contributed by atoms with Gasteiger partial charge in [-0.2, -0.15) is 0 Å². The van der Waals surface area contributed by atoms with Gasteiger partial charge in [0.1, 0.15) is 0 Å². The number of hydrogen-bond donors (Lipinski definition) is 1.